The molecule has 1 heterocycles. The summed E-state index contributed by atoms with van der Waals surface area (Å²) in [4.78, 5) is 3.23. The number of aromatic nitrogens is 3. The lowest BCUT2D eigenvalue weighted by atomic mass is 9.78. The quantitative estimate of drug-likeness (QED) is 0.535. The number of nitrogens with zero attached hydrogens (tertiary/aromatic N) is 2. The predicted molar refractivity (Wildman–Crippen MR) is 115 cm³/mol. The van der Waals surface area contributed by atoms with Gasteiger partial charge in [-0.05, 0) is 60.4 Å². The van der Waals surface area contributed by atoms with Gasteiger partial charge in [0.25, 0.3) is 0 Å². The monoisotopic (exact) mass is 377 g/mol. The van der Waals surface area contributed by atoms with Gasteiger partial charge in [-0.25, -0.2) is 0 Å². The van der Waals surface area contributed by atoms with Crippen LogP contribution in [0.5, 0.6) is 0 Å². The number of anilines is 2. The summed E-state index contributed by atoms with van der Waals surface area (Å²) in [6.07, 6.45) is 1.60. The molecule has 2 aromatic carbocycles. The van der Waals surface area contributed by atoms with Crippen LogP contribution < -0.4 is 5.32 Å². The van der Waals surface area contributed by atoms with Crippen LogP contribution in [0.1, 0.15) is 44.2 Å². The zero-order valence-corrected chi connectivity index (χ0v) is 16.9. The first-order valence-electron chi connectivity index (χ1n) is 9.70. The average Bonchev–Trinajstić information content (AvgIpc) is 3.14. The molecular weight excluding hydrogens is 348 g/mol. The molecule has 28 heavy (non-hydrogen) atoms. The second-order valence-corrected chi connectivity index (χ2v) is 8.22. The van der Waals surface area contributed by atoms with Crippen molar-refractivity contribution in [1.29, 1.82) is 0 Å². The van der Waals surface area contributed by atoms with Crippen LogP contribution in [0.2, 0.25) is 0 Å². The maximum atomic E-state index is 9.00. The fourth-order valence-corrected chi connectivity index (χ4v) is 3.04. The van der Waals surface area contributed by atoms with Gasteiger partial charge in [0.2, 0.25) is 5.95 Å². The molecule has 0 aliphatic rings. The summed E-state index contributed by atoms with van der Waals surface area (Å²) < 4.78 is 0. The highest BCUT2D eigenvalue weighted by Gasteiger charge is 2.21. The number of aromatic amines is 1. The smallest absolute Gasteiger partial charge is 0.226 e. The summed E-state index contributed by atoms with van der Waals surface area (Å²) in [7, 11) is 0. The lowest BCUT2D eigenvalue weighted by Gasteiger charge is -2.27. The number of benzene rings is 2. The number of hydrogen-bond donors (Lipinski definition) is 3. The fourth-order valence-electron chi connectivity index (χ4n) is 3.04. The molecule has 0 bridgehead atoms. The Hall–Kier alpha value is -2.66. The van der Waals surface area contributed by atoms with Crippen LogP contribution >= 0.6 is 0 Å². The van der Waals surface area contributed by atoms with Gasteiger partial charge in [-0.3, -0.25) is 0 Å². The minimum atomic E-state index is 0.125. The second kappa shape index (κ2) is 8.57. The Morgan fingerprint density at radius 2 is 1.86 bits per heavy atom. The number of aliphatic hydroxyl groups is 1. The zero-order valence-electron chi connectivity index (χ0n) is 16.9. The van der Waals surface area contributed by atoms with Crippen molar-refractivity contribution in [2.24, 2.45) is 5.41 Å². The van der Waals surface area contributed by atoms with E-state index in [0.717, 1.165) is 29.9 Å². The minimum absolute atomic E-state index is 0.125. The van der Waals surface area contributed by atoms with Crippen molar-refractivity contribution in [2.45, 2.75) is 39.5 Å². The molecule has 0 saturated carbocycles. The van der Waals surface area contributed by atoms with Gasteiger partial charge in [0.05, 0.1) is 0 Å². The van der Waals surface area contributed by atoms with Crippen LogP contribution in [0.15, 0.2) is 48.5 Å². The molecule has 3 aromatic rings. The normalized spacial score (nSPS) is 12.8. The molecule has 0 amide bonds. The fraction of sp³-hybridized carbons (Fsp3) is 0.348. The van der Waals surface area contributed by atoms with E-state index in [4.69, 9.17) is 5.11 Å². The van der Waals surface area contributed by atoms with Crippen molar-refractivity contribution in [3.63, 3.8) is 0 Å². The number of H-pyrrole nitrogens is 1. The van der Waals surface area contributed by atoms with Crippen molar-refractivity contribution in [1.82, 2.24) is 15.2 Å². The highest BCUT2D eigenvalue weighted by Crippen LogP contribution is 2.34. The first-order valence-corrected chi connectivity index (χ1v) is 9.70. The Labute approximate surface area is 167 Å². The van der Waals surface area contributed by atoms with E-state index in [1.807, 2.05) is 24.3 Å². The lowest BCUT2D eigenvalue weighted by Crippen LogP contribution is -2.15. The number of aryl methyl sites for hydroxylation is 1. The molecule has 3 N–H and O–H groups in total. The Morgan fingerprint density at radius 3 is 2.54 bits per heavy atom. The molecule has 147 valence electrons. The largest absolute Gasteiger partial charge is 0.396 e. The Balaban J connectivity index is 1.70. The summed E-state index contributed by atoms with van der Waals surface area (Å²) in [6.45, 7) is 11.1. The Morgan fingerprint density at radius 1 is 1.11 bits per heavy atom. The van der Waals surface area contributed by atoms with E-state index in [2.05, 4.69) is 72.5 Å². The van der Waals surface area contributed by atoms with E-state index >= 15 is 0 Å². The number of nitrogens with one attached hydrogen (secondary N) is 2. The van der Waals surface area contributed by atoms with E-state index in [0.29, 0.717) is 5.95 Å². The van der Waals surface area contributed by atoms with Crippen LogP contribution in [0.4, 0.5) is 11.6 Å². The maximum absolute atomic E-state index is 9.00. The average molecular weight is 378 g/mol. The molecule has 1 aromatic heterocycles. The van der Waals surface area contributed by atoms with Crippen molar-refractivity contribution in [3.05, 3.63) is 66.6 Å². The van der Waals surface area contributed by atoms with Gasteiger partial charge in [-0.15, -0.1) is 10.2 Å². The number of aliphatic hydroxyl groups excluding tert-OH is 1. The molecule has 0 fully saturated rings. The van der Waals surface area contributed by atoms with Gasteiger partial charge >= 0.3 is 0 Å². The second-order valence-electron chi connectivity index (χ2n) is 8.22. The maximum Gasteiger partial charge on any atom is 0.226 e. The molecule has 0 spiro atoms. The van der Waals surface area contributed by atoms with E-state index in [-0.39, 0.29) is 17.9 Å². The summed E-state index contributed by atoms with van der Waals surface area (Å²) in [5.74, 6) is 1.55. The van der Waals surface area contributed by atoms with E-state index < -0.39 is 0 Å². The Kier molecular flexibility index (Phi) is 6.15. The molecule has 0 aliphatic heterocycles. The van der Waals surface area contributed by atoms with Gasteiger partial charge in [0, 0.05) is 17.9 Å². The van der Waals surface area contributed by atoms with Crippen LogP contribution in [0.25, 0.3) is 11.4 Å². The summed E-state index contributed by atoms with van der Waals surface area (Å²) in [5, 5.41) is 20.7. The van der Waals surface area contributed by atoms with Crippen molar-refractivity contribution in [3.8, 4) is 11.4 Å². The molecule has 5 nitrogen and oxygen atoms in total. The SMILES string of the molecule is [CH2]C(c1ccc(Nc2nnc(-c3cccc(CCCO)c3)[nH]2)cc1)C(C)(C)C. The van der Waals surface area contributed by atoms with Crippen molar-refractivity contribution >= 4 is 11.6 Å². The topological polar surface area (TPSA) is 73.8 Å². The summed E-state index contributed by atoms with van der Waals surface area (Å²) in [6, 6.07) is 16.4. The molecule has 1 unspecified atom stereocenters. The molecule has 0 aliphatic carbocycles. The van der Waals surface area contributed by atoms with Crippen molar-refractivity contribution in [2.75, 3.05) is 11.9 Å². The molecule has 5 heteroatoms. The summed E-state index contributed by atoms with van der Waals surface area (Å²) in [5.41, 5.74) is 4.45. The van der Waals surface area contributed by atoms with E-state index in [1.165, 1.54) is 11.1 Å². The molecule has 1 atom stereocenters. The standard InChI is InChI=1S/C23H29N4O/c1-16(23(2,3)4)18-10-12-20(13-11-18)24-22-25-21(26-27-22)19-9-5-7-17(15-19)8-6-14-28/h5,7,9-13,15-16,28H,1,6,8,14H2,2-4H3,(H2,24,25,26,27). The van der Waals surface area contributed by atoms with Gasteiger partial charge in [0.15, 0.2) is 5.82 Å². The van der Waals surface area contributed by atoms with Gasteiger partial charge < -0.3 is 15.4 Å². The van der Waals surface area contributed by atoms with E-state index in [9.17, 15) is 0 Å². The highest BCUT2D eigenvalue weighted by atomic mass is 16.2. The first kappa shape index (κ1) is 20.1. The lowest BCUT2D eigenvalue weighted by molar-refractivity contribution is 0.288. The molecule has 0 saturated heterocycles. The Bertz CT molecular complexity index is 893. The number of hydrogen-bond acceptors (Lipinski definition) is 4. The van der Waals surface area contributed by atoms with Crippen LogP contribution in [0, 0.1) is 12.3 Å². The third kappa shape index (κ3) is 4.98. The molecular formula is C23H29N4O. The first-order chi connectivity index (χ1) is 13.4. The van der Waals surface area contributed by atoms with Crippen LogP contribution in [-0.2, 0) is 6.42 Å². The van der Waals surface area contributed by atoms with Crippen LogP contribution in [-0.4, -0.2) is 26.9 Å². The zero-order chi connectivity index (χ0) is 20.1. The highest BCUT2D eigenvalue weighted by molar-refractivity contribution is 5.60. The van der Waals surface area contributed by atoms with Gasteiger partial charge in [-0.2, -0.15) is 0 Å². The van der Waals surface area contributed by atoms with Gasteiger partial charge in [-0.1, -0.05) is 51.1 Å². The number of rotatable bonds is 7. The van der Waals surface area contributed by atoms with Crippen LogP contribution in [0.3, 0.4) is 0 Å². The molecule has 1 radical (unpaired) electrons. The third-order valence-electron chi connectivity index (χ3n) is 4.93. The van der Waals surface area contributed by atoms with Crippen molar-refractivity contribution < 1.29 is 5.11 Å². The minimum Gasteiger partial charge on any atom is -0.396 e. The van der Waals surface area contributed by atoms with Gasteiger partial charge in [0.1, 0.15) is 0 Å². The van der Waals surface area contributed by atoms with E-state index in [1.54, 1.807) is 0 Å². The predicted octanol–water partition coefficient (Wildman–Crippen LogP) is 5.10. The molecule has 3 rings (SSSR count). The summed E-state index contributed by atoms with van der Waals surface area (Å²) >= 11 is 0. The third-order valence-corrected chi connectivity index (χ3v) is 4.93.